The zero-order valence-electron chi connectivity index (χ0n) is 13.5. The third kappa shape index (κ3) is 2.76. The summed E-state index contributed by atoms with van der Waals surface area (Å²) in [5.41, 5.74) is 2.99. The van der Waals surface area contributed by atoms with Gasteiger partial charge in [0.05, 0.1) is 24.7 Å². The molecule has 0 spiro atoms. The van der Waals surface area contributed by atoms with Gasteiger partial charge >= 0.3 is 0 Å². The number of hydrogen-bond acceptors (Lipinski definition) is 5. The number of rotatable bonds is 3. The molecule has 0 fully saturated rings. The molecule has 0 saturated carbocycles. The average molecular weight is 333 g/mol. The van der Waals surface area contributed by atoms with Crippen LogP contribution in [-0.2, 0) is 4.79 Å². The lowest BCUT2D eigenvalue weighted by molar-refractivity contribution is -0.115. The van der Waals surface area contributed by atoms with Gasteiger partial charge in [0.2, 0.25) is 5.91 Å². The number of carbonyl (C=O) groups excluding carboxylic acids is 1. The lowest BCUT2D eigenvalue weighted by Gasteiger charge is -2.19. The zero-order chi connectivity index (χ0) is 16.6. The van der Waals surface area contributed by atoms with Crippen molar-refractivity contribution in [1.82, 2.24) is 10.2 Å². The molecule has 2 N–H and O–H groups in total. The maximum absolute atomic E-state index is 12.2. The number of fused-ring (bicyclic) bond motifs is 1. The summed E-state index contributed by atoms with van der Waals surface area (Å²) in [6.45, 7) is 3.86. The fraction of sp³-hybridized carbons (Fsp3) is 0.375. The highest BCUT2D eigenvalue weighted by Gasteiger charge is 2.32. The molecule has 0 bridgehead atoms. The van der Waals surface area contributed by atoms with Crippen LogP contribution in [0, 0.1) is 6.92 Å². The molecule has 23 heavy (non-hydrogen) atoms. The molecule has 0 aliphatic carbocycles. The minimum atomic E-state index is -0.179. The number of H-pyrrole nitrogens is 1. The van der Waals surface area contributed by atoms with Gasteiger partial charge in [0.1, 0.15) is 0 Å². The van der Waals surface area contributed by atoms with E-state index in [-0.39, 0.29) is 16.4 Å². The van der Waals surface area contributed by atoms with Crippen molar-refractivity contribution in [3.05, 3.63) is 35.0 Å². The number of benzene rings is 1. The number of methoxy groups -OCH3 is 2. The molecule has 6 nitrogen and oxygen atoms in total. The Hall–Kier alpha value is -2.15. The van der Waals surface area contributed by atoms with Gasteiger partial charge < -0.3 is 14.8 Å². The second kappa shape index (κ2) is 6.16. The molecule has 0 unspecified atom stereocenters. The van der Waals surface area contributed by atoms with Gasteiger partial charge in [-0.25, -0.2) is 0 Å². The molecule has 1 aromatic heterocycles. The Morgan fingerprint density at radius 3 is 2.65 bits per heavy atom. The maximum atomic E-state index is 12.2. The highest BCUT2D eigenvalue weighted by atomic mass is 32.2. The summed E-state index contributed by atoms with van der Waals surface area (Å²) < 4.78 is 10.7. The molecular formula is C16H19N3O3S. The number of aromatic nitrogens is 2. The van der Waals surface area contributed by atoms with Crippen LogP contribution in [0.1, 0.15) is 29.0 Å². The molecule has 3 rings (SSSR count). The number of amides is 1. The molecule has 7 heteroatoms. The van der Waals surface area contributed by atoms with Crippen molar-refractivity contribution < 1.29 is 14.3 Å². The standard InChI is InChI=1S/C16H19N3O3S/c1-8-13-14(10-5-6-11(21-3)12(7-10)22-4)23-9(2)16(20)17-15(13)19-18-8/h5-7,9,14H,1-4H3,(H2,17,18,19,20)/t9-,14-/m0/s1. The first kappa shape index (κ1) is 15.7. The molecule has 1 aliphatic rings. The van der Waals surface area contributed by atoms with Crippen molar-refractivity contribution in [3.63, 3.8) is 0 Å². The predicted octanol–water partition coefficient (Wildman–Crippen LogP) is 2.90. The lowest BCUT2D eigenvalue weighted by Crippen LogP contribution is -2.21. The highest BCUT2D eigenvalue weighted by molar-refractivity contribution is 8.01. The number of thioether (sulfide) groups is 1. The predicted molar refractivity (Wildman–Crippen MR) is 90.4 cm³/mol. The number of ether oxygens (including phenoxy) is 2. The fourth-order valence-corrected chi connectivity index (χ4v) is 3.99. The van der Waals surface area contributed by atoms with Crippen molar-refractivity contribution in [2.75, 3.05) is 19.5 Å². The van der Waals surface area contributed by atoms with Gasteiger partial charge in [-0.2, -0.15) is 5.10 Å². The van der Waals surface area contributed by atoms with E-state index in [0.29, 0.717) is 17.3 Å². The van der Waals surface area contributed by atoms with Crippen LogP contribution in [0.5, 0.6) is 11.5 Å². The van der Waals surface area contributed by atoms with Crippen LogP contribution in [0.4, 0.5) is 5.82 Å². The molecule has 1 aromatic carbocycles. The van der Waals surface area contributed by atoms with Crippen molar-refractivity contribution in [3.8, 4) is 11.5 Å². The van der Waals surface area contributed by atoms with Gasteiger partial charge in [-0.1, -0.05) is 6.07 Å². The summed E-state index contributed by atoms with van der Waals surface area (Å²) in [5, 5.41) is 9.88. The maximum Gasteiger partial charge on any atom is 0.238 e. The van der Waals surface area contributed by atoms with Crippen LogP contribution in [0.15, 0.2) is 18.2 Å². The lowest BCUT2D eigenvalue weighted by atomic mass is 10.0. The summed E-state index contributed by atoms with van der Waals surface area (Å²) in [7, 11) is 3.23. The van der Waals surface area contributed by atoms with E-state index < -0.39 is 0 Å². The Kier molecular flexibility index (Phi) is 4.21. The Morgan fingerprint density at radius 1 is 1.22 bits per heavy atom. The Labute approximate surface area is 138 Å². The first-order chi connectivity index (χ1) is 11.0. The van der Waals surface area contributed by atoms with E-state index >= 15 is 0 Å². The van der Waals surface area contributed by atoms with Gasteiger partial charge in [0.25, 0.3) is 0 Å². The number of nitrogens with one attached hydrogen (secondary N) is 2. The first-order valence-corrected chi connectivity index (χ1v) is 8.22. The highest BCUT2D eigenvalue weighted by Crippen LogP contribution is 2.46. The third-order valence-corrected chi connectivity index (χ3v) is 5.32. The van der Waals surface area contributed by atoms with Crippen LogP contribution < -0.4 is 14.8 Å². The molecule has 2 atom stereocenters. The third-order valence-electron chi connectivity index (χ3n) is 3.92. The SMILES string of the molecule is COc1ccc([C@@H]2S[C@@H](C)C(=O)Nc3n[nH]c(C)c32)cc1OC. The average Bonchev–Trinajstić information content (AvgIpc) is 2.85. The monoisotopic (exact) mass is 333 g/mol. The summed E-state index contributed by atoms with van der Waals surface area (Å²) in [6.07, 6.45) is 0. The molecule has 1 amide bonds. The van der Waals surface area contributed by atoms with Crippen molar-refractivity contribution in [2.24, 2.45) is 0 Å². The minimum Gasteiger partial charge on any atom is -0.493 e. The van der Waals surface area contributed by atoms with E-state index in [1.807, 2.05) is 32.0 Å². The summed E-state index contributed by atoms with van der Waals surface area (Å²) in [6, 6.07) is 5.83. The van der Waals surface area contributed by atoms with Crippen molar-refractivity contribution in [2.45, 2.75) is 24.3 Å². The fourth-order valence-electron chi connectivity index (χ4n) is 2.67. The number of aryl methyl sites for hydroxylation is 1. The van der Waals surface area contributed by atoms with E-state index in [1.165, 1.54) is 0 Å². The first-order valence-electron chi connectivity index (χ1n) is 7.28. The van der Waals surface area contributed by atoms with Crippen LogP contribution in [0.3, 0.4) is 0 Å². The van der Waals surface area contributed by atoms with Crippen LogP contribution >= 0.6 is 11.8 Å². The molecule has 122 valence electrons. The van der Waals surface area contributed by atoms with E-state index in [0.717, 1.165) is 16.8 Å². The minimum absolute atomic E-state index is 0.0162. The largest absolute Gasteiger partial charge is 0.493 e. The van der Waals surface area contributed by atoms with E-state index in [2.05, 4.69) is 15.5 Å². The van der Waals surface area contributed by atoms with Gasteiger partial charge in [-0.15, -0.1) is 11.8 Å². The Balaban J connectivity index is 2.10. The smallest absolute Gasteiger partial charge is 0.238 e. The number of carbonyl (C=O) groups is 1. The molecular weight excluding hydrogens is 314 g/mol. The van der Waals surface area contributed by atoms with Crippen LogP contribution in [-0.4, -0.2) is 35.6 Å². The topological polar surface area (TPSA) is 76.2 Å². The van der Waals surface area contributed by atoms with Crippen molar-refractivity contribution in [1.29, 1.82) is 0 Å². The summed E-state index contributed by atoms with van der Waals surface area (Å²) in [5.74, 6) is 1.92. The molecule has 2 aromatic rings. The molecule has 0 saturated heterocycles. The van der Waals surface area contributed by atoms with Gasteiger partial charge in [-0.3, -0.25) is 9.89 Å². The Bertz CT molecular complexity index is 744. The van der Waals surface area contributed by atoms with Crippen molar-refractivity contribution >= 4 is 23.5 Å². The van der Waals surface area contributed by atoms with E-state index in [1.54, 1.807) is 26.0 Å². The second-order valence-corrected chi connectivity index (χ2v) is 6.82. The van der Waals surface area contributed by atoms with Gasteiger partial charge in [0, 0.05) is 11.3 Å². The normalized spacial score (nSPS) is 20.4. The number of hydrogen-bond donors (Lipinski definition) is 2. The van der Waals surface area contributed by atoms with Gasteiger partial charge in [0.15, 0.2) is 17.3 Å². The van der Waals surface area contributed by atoms with E-state index in [4.69, 9.17) is 9.47 Å². The molecule has 1 aliphatic heterocycles. The zero-order valence-corrected chi connectivity index (χ0v) is 14.3. The quantitative estimate of drug-likeness (QED) is 0.903. The second-order valence-electron chi connectivity index (χ2n) is 5.37. The summed E-state index contributed by atoms with van der Waals surface area (Å²) in [4.78, 5) is 12.2. The van der Waals surface area contributed by atoms with Crippen LogP contribution in [0.2, 0.25) is 0 Å². The van der Waals surface area contributed by atoms with Crippen LogP contribution in [0.25, 0.3) is 0 Å². The number of aromatic amines is 1. The van der Waals surface area contributed by atoms with Gasteiger partial charge in [-0.05, 0) is 31.5 Å². The molecule has 2 heterocycles. The van der Waals surface area contributed by atoms with E-state index in [9.17, 15) is 4.79 Å². The number of anilines is 1. The Morgan fingerprint density at radius 2 is 1.96 bits per heavy atom. The summed E-state index contributed by atoms with van der Waals surface area (Å²) >= 11 is 1.59. The molecule has 0 radical (unpaired) electrons. The number of nitrogens with zero attached hydrogens (tertiary/aromatic N) is 1.